The summed E-state index contributed by atoms with van der Waals surface area (Å²) in [6.07, 6.45) is 1.74. The van der Waals surface area contributed by atoms with Crippen LogP contribution in [0.2, 0.25) is 0 Å². The molecule has 0 radical (unpaired) electrons. The molecular formula is C16H25NO4. The molecular weight excluding hydrogens is 270 g/mol. The number of aliphatic hydroxyl groups excluding tert-OH is 1. The van der Waals surface area contributed by atoms with E-state index in [0.717, 1.165) is 12.8 Å². The SMILES string of the molecule is CCOc1cc(C(=O)NCCCC(C)CO)ccc1OC. The summed E-state index contributed by atoms with van der Waals surface area (Å²) in [5, 5.41) is 11.8. The van der Waals surface area contributed by atoms with Crippen molar-refractivity contribution in [1.82, 2.24) is 5.32 Å². The molecule has 0 spiro atoms. The highest BCUT2D eigenvalue weighted by molar-refractivity contribution is 5.94. The van der Waals surface area contributed by atoms with Gasteiger partial charge in [-0.3, -0.25) is 4.79 Å². The predicted octanol–water partition coefficient (Wildman–Crippen LogP) is 2.23. The van der Waals surface area contributed by atoms with Crippen LogP contribution in [-0.2, 0) is 0 Å². The number of benzene rings is 1. The van der Waals surface area contributed by atoms with E-state index in [-0.39, 0.29) is 18.4 Å². The van der Waals surface area contributed by atoms with Crippen LogP contribution in [0.1, 0.15) is 37.0 Å². The molecule has 1 aromatic rings. The zero-order valence-corrected chi connectivity index (χ0v) is 13.0. The Morgan fingerprint density at radius 3 is 2.76 bits per heavy atom. The van der Waals surface area contributed by atoms with Gasteiger partial charge >= 0.3 is 0 Å². The molecule has 1 atom stereocenters. The summed E-state index contributed by atoms with van der Waals surface area (Å²) in [7, 11) is 1.57. The van der Waals surface area contributed by atoms with Crippen molar-refractivity contribution in [2.45, 2.75) is 26.7 Å². The Bertz CT molecular complexity index is 448. The minimum absolute atomic E-state index is 0.129. The number of hydrogen-bond acceptors (Lipinski definition) is 4. The highest BCUT2D eigenvalue weighted by Crippen LogP contribution is 2.27. The summed E-state index contributed by atoms with van der Waals surface area (Å²) < 4.78 is 10.6. The molecule has 0 aromatic heterocycles. The molecule has 0 fully saturated rings. The normalized spacial score (nSPS) is 11.8. The molecule has 5 nitrogen and oxygen atoms in total. The number of rotatable bonds is 9. The lowest BCUT2D eigenvalue weighted by molar-refractivity contribution is 0.0951. The summed E-state index contributed by atoms with van der Waals surface area (Å²) in [6.45, 7) is 5.16. The van der Waals surface area contributed by atoms with Crippen LogP contribution in [0.3, 0.4) is 0 Å². The van der Waals surface area contributed by atoms with E-state index < -0.39 is 0 Å². The third kappa shape index (κ3) is 5.63. The van der Waals surface area contributed by atoms with Crippen LogP contribution in [-0.4, -0.2) is 37.9 Å². The number of methoxy groups -OCH3 is 1. The second kappa shape index (κ2) is 9.23. The Morgan fingerprint density at radius 2 is 2.14 bits per heavy atom. The number of amides is 1. The monoisotopic (exact) mass is 295 g/mol. The second-order valence-electron chi connectivity index (χ2n) is 4.98. The third-order valence-corrected chi connectivity index (χ3v) is 3.20. The molecule has 2 N–H and O–H groups in total. The van der Waals surface area contributed by atoms with Crippen LogP contribution >= 0.6 is 0 Å². The molecule has 0 bridgehead atoms. The van der Waals surface area contributed by atoms with Crippen LogP contribution in [0.5, 0.6) is 11.5 Å². The van der Waals surface area contributed by atoms with Gasteiger partial charge in [-0.05, 0) is 43.9 Å². The molecule has 0 aliphatic heterocycles. The van der Waals surface area contributed by atoms with Crippen molar-refractivity contribution in [3.8, 4) is 11.5 Å². The van der Waals surface area contributed by atoms with Gasteiger partial charge in [0.25, 0.3) is 5.91 Å². The van der Waals surface area contributed by atoms with Crippen molar-refractivity contribution < 1.29 is 19.4 Å². The molecule has 0 aliphatic rings. The average Bonchev–Trinajstić information content (AvgIpc) is 2.51. The van der Waals surface area contributed by atoms with Crippen molar-refractivity contribution in [3.05, 3.63) is 23.8 Å². The van der Waals surface area contributed by atoms with Gasteiger partial charge in [-0.25, -0.2) is 0 Å². The smallest absolute Gasteiger partial charge is 0.251 e. The first-order valence-corrected chi connectivity index (χ1v) is 7.32. The fraction of sp³-hybridized carbons (Fsp3) is 0.562. The van der Waals surface area contributed by atoms with E-state index in [2.05, 4.69) is 5.32 Å². The summed E-state index contributed by atoms with van der Waals surface area (Å²) in [5.41, 5.74) is 0.550. The van der Waals surface area contributed by atoms with Gasteiger partial charge in [-0.1, -0.05) is 6.92 Å². The Kier molecular flexibility index (Phi) is 7.61. The fourth-order valence-electron chi connectivity index (χ4n) is 1.93. The van der Waals surface area contributed by atoms with Gasteiger partial charge in [0, 0.05) is 18.7 Å². The number of aliphatic hydroxyl groups is 1. The van der Waals surface area contributed by atoms with Crippen molar-refractivity contribution >= 4 is 5.91 Å². The van der Waals surface area contributed by atoms with E-state index in [1.807, 2.05) is 13.8 Å². The van der Waals surface area contributed by atoms with Crippen LogP contribution in [0.25, 0.3) is 0 Å². The molecule has 1 rings (SSSR count). The molecule has 0 aliphatic carbocycles. The largest absolute Gasteiger partial charge is 0.493 e. The number of carbonyl (C=O) groups is 1. The lowest BCUT2D eigenvalue weighted by Gasteiger charge is -2.12. The van der Waals surface area contributed by atoms with Crippen molar-refractivity contribution in [2.75, 3.05) is 26.9 Å². The van der Waals surface area contributed by atoms with E-state index in [4.69, 9.17) is 14.6 Å². The zero-order valence-electron chi connectivity index (χ0n) is 13.0. The minimum Gasteiger partial charge on any atom is -0.493 e. The summed E-state index contributed by atoms with van der Waals surface area (Å²) >= 11 is 0. The van der Waals surface area contributed by atoms with Gasteiger partial charge < -0.3 is 19.9 Å². The molecule has 21 heavy (non-hydrogen) atoms. The lowest BCUT2D eigenvalue weighted by Crippen LogP contribution is -2.25. The number of ether oxygens (including phenoxy) is 2. The van der Waals surface area contributed by atoms with Gasteiger partial charge in [-0.15, -0.1) is 0 Å². The van der Waals surface area contributed by atoms with Gasteiger partial charge in [0.1, 0.15) is 0 Å². The van der Waals surface area contributed by atoms with E-state index in [1.165, 1.54) is 0 Å². The van der Waals surface area contributed by atoms with Gasteiger partial charge in [0.2, 0.25) is 0 Å². The predicted molar refractivity (Wildman–Crippen MR) is 82.0 cm³/mol. The quantitative estimate of drug-likeness (QED) is 0.686. The van der Waals surface area contributed by atoms with Crippen LogP contribution < -0.4 is 14.8 Å². The van der Waals surface area contributed by atoms with E-state index in [9.17, 15) is 4.79 Å². The molecule has 0 saturated heterocycles. The van der Waals surface area contributed by atoms with Gasteiger partial charge in [0.05, 0.1) is 13.7 Å². The van der Waals surface area contributed by atoms with E-state index >= 15 is 0 Å². The van der Waals surface area contributed by atoms with E-state index in [1.54, 1.807) is 25.3 Å². The number of nitrogens with one attached hydrogen (secondary N) is 1. The zero-order chi connectivity index (χ0) is 15.7. The summed E-state index contributed by atoms with van der Waals surface area (Å²) in [5.74, 6) is 1.33. The first-order chi connectivity index (χ1) is 10.1. The number of hydrogen-bond donors (Lipinski definition) is 2. The van der Waals surface area contributed by atoms with Crippen LogP contribution in [0.4, 0.5) is 0 Å². The molecule has 118 valence electrons. The maximum absolute atomic E-state index is 12.1. The Balaban J connectivity index is 2.55. The fourth-order valence-corrected chi connectivity index (χ4v) is 1.93. The summed E-state index contributed by atoms with van der Waals surface area (Å²) in [6, 6.07) is 5.13. The molecule has 1 unspecified atom stereocenters. The first kappa shape index (κ1) is 17.3. The Morgan fingerprint density at radius 1 is 1.38 bits per heavy atom. The topological polar surface area (TPSA) is 67.8 Å². The molecule has 0 heterocycles. The summed E-state index contributed by atoms with van der Waals surface area (Å²) in [4.78, 5) is 12.1. The highest BCUT2D eigenvalue weighted by atomic mass is 16.5. The van der Waals surface area contributed by atoms with Crippen LogP contribution in [0, 0.1) is 5.92 Å². The molecule has 1 amide bonds. The lowest BCUT2D eigenvalue weighted by atomic mass is 10.1. The standard InChI is InChI=1S/C16H25NO4/c1-4-21-15-10-13(7-8-14(15)20-3)16(19)17-9-5-6-12(2)11-18/h7-8,10,12,18H,4-6,9,11H2,1-3H3,(H,17,19). The van der Waals surface area contributed by atoms with Crippen molar-refractivity contribution in [2.24, 2.45) is 5.92 Å². The average molecular weight is 295 g/mol. The third-order valence-electron chi connectivity index (χ3n) is 3.20. The highest BCUT2D eigenvalue weighted by Gasteiger charge is 2.10. The van der Waals surface area contributed by atoms with Crippen molar-refractivity contribution in [3.63, 3.8) is 0 Å². The molecule has 5 heteroatoms. The van der Waals surface area contributed by atoms with Crippen LogP contribution in [0.15, 0.2) is 18.2 Å². The Labute approximate surface area is 126 Å². The minimum atomic E-state index is -0.129. The number of carbonyl (C=O) groups excluding carboxylic acids is 1. The van der Waals surface area contributed by atoms with Crippen molar-refractivity contribution in [1.29, 1.82) is 0 Å². The molecule has 0 saturated carbocycles. The maximum atomic E-state index is 12.1. The second-order valence-corrected chi connectivity index (χ2v) is 4.98. The van der Waals surface area contributed by atoms with E-state index in [0.29, 0.717) is 30.2 Å². The Hall–Kier alpha value is -1.75. The maximum Gasteiger partial charge on any atom is 0.251 e. The molecule has 1 aromatic carbocycles. The van der Waals surface area contributed by atoms with Gasteiger partial charge in [0.15, 0.2) is 11.5 Å². The first-order valence-electron chi connectivity index (χ1n) is 7.32. The van der Waals surface area contributed by atoms with Gasteiger partial charge in [-0.2, -0.15) is 0 Å².